The van der Waals surface area contributed by atoms with Gasteiger partial charge >= 0.3 is 0 Å². The second-order valence-electron chi connectivity index (χ2n) is 4.48. The third-order valence-corrected chi connectivity index (χ3v) is 2.98. The number of carbonyl (C=O) groups excluding carboxylic acids is 1. The molecule has 0 aliphatic carbocycles. The minimum absolute atomic E-state index is 0.00797. The zero-order valence-corrected chi connectivity index (χ0v) is 12.4. The first-order valence-electron chi connectivity index (χ1n) is 6.77. The second-order valence-corrected chi connectivity index (χ2v) is 4.48. The van der Waals surface area contributed by atoms with Crippen LogP contribution in [-0.4, -0.2) is 31.5 Å². The van der Waals surface area contributed by atoms with E-state index in [9.17, 15) is 14.9 Å². The molecule has 0 radical (unpaired) electrons. The number of non-ortho nitro benzene ring substituents is 1. The Bertz CT molecular complexity index is 683. The summed E-state index contributed by atoms with van der Waals surface area (Å²) in [5.41, 5.74) is 0.505. The molecule has 23 heavy (non-hydrogen) atoms. The predicted octanol–water partition coefficient (Wildman–Crippen LogP) is 2.87. The van der Waals surface area contributed by atoms with Crippen molar-refractivity contribution in [3.8, 4) is 17.2 Å². The van der Waals surface area contributed by atoms with Gasteiger partial charge in [0, 0.05) is 17.7 Å². The summed E-state index contributed by atoms with van der Waals surface area (Å²) in [6.07, 6.45) is 0.726. The lowest BCUT2D eigenvalue weighted by atomic mass is 10.2. The van der Waals surface area contributed by atoms with Crippen molar-refractivity contribution in [3.63, 3.8) is 0 Å². The van der Waals surface area contributed by atoms with Crippen LogP contribution in [0.2, 0.25) is 0 Å². The summed E-state index contributed by atoms with van der Waals surface area (Å²) < 4.78 is 16.1. The minimum Gasteiger partial charge on any atom is -0.493 e. The van der Waals surface area contributed by atoms with Crippen LogP contribution in [0.25, 0.3) is 0 Å². The van der Waals surface area contributed by atoms with Gasteiger partial charge in [-0.3, -0.25) is 14.9 Å². The molecule has 0 bridgehead atoms. The number of ether oxygens (including phenoxy) is 3. The van der Waals surface area contributed by atoms with Crippen molar-refractivity contribution in [2.75, 3.05) is 20.3 Å². The molecule has 7 nitrogen and oxygen atoms in total. The van der Waals surface area contributed by atoms with E-state index in [1.54, 1.807) is 18.2 Å². The van der Waals surface area contributed by atoms with Gasteiger partial charge in [0.05, 0.1) is 12.0 Å². The number of aldehydes is 1. The van der Waals surface area contributed by atoms with E-state index in [1.807, 2.05) is 0 Å². The van der Waals surface area contributed by atoms with Gasteiger partial charge in [-0.2, -0.15) is 0 Å². The molecule has 0 saturated heterocycles. The maximum Gasteiger partial charge on any atom is 0.269 e. The van der Waals surface area contributed by atoms with Crippen LogP contribution in [0.1, 0.15) is 10.4 Å². The molecule has 0 fully saturated rings. The smallest absolute Gasteiger partial charge is 0.269 e. The maximum atomic E-state index is 10.7. The van der Waals surface area contributed by atoms with Crippen molar-refractivity contribution in [1.82, 2.24) is 0 Å². The van der Waals surface area contributed by atoms with Crippen molar-refractivity contribution in [1.29, 1.82) is 0 Å². The summed E-state index contributed by atoms with van der Waals surface area (Å²) >= 11 is 0. The van der Waals surface area contributed by atoms with Gasteiger partial charge in [-0.05, 0) is 30.3 Å². The number of hydrogen-bond donors (Lipinski definition) is 0. The third-order valence-electron chi connectivity index (χ3n) is 2.98. The predicted molar refractivity (Wildman–Crippen MR) is 82.5 cm³/mol. The highest BCUT2D eigenvalue weighted by Gasteiger charge is 2.06. The monoisotopic (exact) mass is 317 g/mol. The molecule has 2 aromatic rings. The number of hydrogen-bond acceptors (Lipinski definition) is 6. The maximum absolute atomic E-state index is 10.7. The molecule has 0 amide bonds. The van der Waals surface area contributed by atoms with E-state index in [0.717, 1.165) is 6.29 Å². The Morgan fingerprint density at radius 2 is 1.74 bits per heavy atom. The van der Waals surface area contributed by atoms with Crippen LogP contribution in [0.4, 0.5) is 5.69 Å². The molecule has 0 atom stereocenters. The molecule has 0 aromatic heterocycles. The molecule has 0 heterocycles. The van der Waals surface area contributed by atoms with Crippen LogP contribution in [0.3, 0.4) is 0 Å². The van der Waals surface area contributed by atoms with Crippen molar-refractivity contribution in [2.24, 2.45) is 0 Å². The average molecular weight is 317 g/mol. The van der Waals surface area contributed by atoms with E-state index in [0.29, 0.717) is 22.8 Å². The fourth-order valence-electron chi connectivity index (χ4n) is 1.85. The molecular formula is C16H15NO6. The van der Waals surface area contributed by atoms with E-state index in [-0.39, 0.29) is 18.9 Å². The van der Waals surface area contributed by atoms with E-state index in [1.165, 1.54) is 31.4 Å². The molecule has 0 aliphatic heterocycles. The van der Waals surface area contributed by atoms with Crippen molar-refractivity contribution >= 4 is 12.0 Å². The zero-order valence-electron chi connectivity index (χ0n) is 12.4. The first-order chi connectivity index (χ1) is 11.1. The Hall–Kier alpha value is -3.09. The quantitative estimate of drug-likeness (QED) is 0.322. The van der Waals surface area contributed by atoms with E-state index in [4.69, 9.17) is 14.2 Å². The number of methoxy groups -OCH3 is 1. The number of nitro groups is 1. The number of rotatable bonds is 8. The van der Waals surface area contributed by atoms with Crippen LogP contribution in [0.5, 0.6) is 17.2 Å². The average Bonchev–Trinajstić information content (AvgIpc) is 2.59. The van der Waals surface area contributed by atoms with Gasteiger partial charge in [0.25, 0.3) is 5.69 Å². The Labute approximate surface area is 132 Å². The summed E-state index contributed by atoms with van der Waals surface area (Å²) in [5.74, 6) is 1.48. The zero-order chi connectivity index (χ0) is 16.7. The van der Waals surface area contributed by atoms with Crippen LogP contribution < -0.4 is 14.2 Å². The Kier molecular flexibility index (Phi) is 5.51. The van der Waals surface area contributed by atoms with Gasteiger partial charge < -0.3 is 14.2 Å². The van der Waals surface area contributed by atoms with Crippen molar-refractivity contribution in [3.05, 3.63) is 58.1 Å². The molecule has 2 rings (SSSR count). The molecule has 7 heteroatoms. The molecule has 0 saturated carbocycles. The summed E-state index contributed by atoms with van der Waals surface area (Å²) in [4.78, 5) is 20.8. The minimum atomic E-state index is -0.470. The van der Waals surface area contributed by atoms with Crippen molar-refractivity contribution < 1.29 is 23.9 Å². The van der Waals surface area contributed by atoms with E-state index in [2.05, 4.69) is 0 Å². The van der Waals surface area contributed by atoms with Crippen molar-refractivity contribution in [2.45, 2.75) is 0 Å². The molecule has 120 valence electrons. The molecule has 0 unspecified atom stereocenters. The van der Waals surface area contributed by atoms with E-state index < -0.39 is 4.92 Å². The largest absolute Gasteiger partial charge is 0.493 e. The standard InChI is InChI=1S/C16H15NO6/c1-21-16-10-12(11-18)2-7-15(16)23-9-8-22-14-5-3-13(4-6-14)17(19)20/h2-7,10-11H,8-9H2,1H3. The van der Waals surface area contributed by atoms with Crippen LogP contribution in [0, 0.1) is 10.1 Å². The Balaban J connectivity index is 1.85. The third kappa shape index (κ3) is 4.44. The van der Waals surface area contributed by atoms with Gasteiger partial charge in [-0.15, -0.1) is 0 Å². The molecule has 2 aromatic carbocycles. The van der Waals surface area contributed by atoms with Gasteiger partial charge in [0.1, 0.15) is 25.2 Å². The fourth-order valence-corrected chi connectivity index (χ4v) is 1.85. The lowest BCUT2D eigenvalue weighted by Crippen LogP contribution is -2.09. The Morgan fingerprint density at radius 3 is 2.35 bits per heavy atom. The summed E-state index contributed by atoms with van der Waals surface area (Å²) in [7, 11) is 1.49. The van der Waals surface area contributed by atoms with Gasteiger partial charge in [0.2, 0.25) is 0 Å². The number of nitrogens with zero attached hydrogens (tertiary/aromatic N) is 1. The second kappa shape index (κ2) is 7.79. The van der Waals surface area contributed by atoms with Crippen LogP contribution in [0.15, 0.2) is 42.5 Å². The Morgan fingerprint density at radius 1 is 1.04 bits per heavy atom. The molecule has 0 spiro atoms. The normalized spacial score (nSPS) is 9.96. The highest BCUT2D eigenvalue weighted by molar-refractivity contribution is 5.76. The van der Waals surface area contributed by atoms with E-state index >= 15 is 0 Å². The first-order valence-corrected chi connectivity index (χ1v) is 6.77. The van der Waals surface area contributed by atoms with Crippen LogP contribution in [-0.2, 0) is 0 Å². The highest BCUT2D eigenvalue weighted by atomic mass is 16.6. The molecule has 0 N–H and O–H groups in total. The SMILES string of the molecule is COc1cc(C=O)ccc1OCCOc1ccc([N+](=O)[O-])cc1. The number of carbonyl (C=O) groups is 1. The number of benzene rings is 2. The highest BCUT2D eigenvalue weighted by Crippen LogP contribution is 2.27. The van der Waals surface area contributed by atoms with Gasteiger partial charge in [-0.25, -0.2) is 0 Å². The lowest BCUT2D eigenvalue weighted by Gasteiger charge is -2.11. The summed E-state index contributed by atoms with van der Waals surface area (Å²) in [6.45, 7) is 0.518. The summed E-state index contributed by atoms with van der Waals surface area (Å²) in [6, 6.07) is 10.7. The first kappa shape index (κ1) is 16.3. The fraction of sp³-hybridized carbons (Fsp3) is 0.188. The van der Waals surface area contributed by atoms with Gasteiger partial charge in [-0.1, -0.05) is 0 Å². The van der Waals surface area contributed by atoms with Crippen LogP contribution >= 0.6 is 0 Å². The topological polar surface area (TPSA) is 87.9 Å². The van der Waals surface area contributed by atoms with Gasteiger partial charge in [0.15, 0.2) is 11.5 Å². The number of nitro benzene ring substituents is 1. The molecular weight excluding hydrogens is 302 g/mol. The summed E-state index contributed by atoms with van der Waals surface area (Å²) in [5, 5.41) is 10.5. The lowest BCUT2D eigenvalue weighted by molar-refractivity contribution is -0.384. The molecule has 0 aliphatic rings.